The maximum Gasteiger partial charge on any atom is 0.0462 e. The van der Waals surface area contributed by atoms with E-state index in [0.717, 1.165) is 17.1 Å². The summed E-state index contributed by atoms with van der Waals surface area (Å²) in [5.41, 5.74) is 13.1. The number of hydrogen-bond donors (Lipinski definition) is 0. The smallest absolute Gasteiger partial charge is 0.0462 e. The molecule has 9 rings (SSSR count). The van der Waals surface area contributed by atoms with E-state index in [-0.39, 0.29) is 0 Å². The zero-order valence-corrected chi connectivity index (χ0v) is 28.2. The van der Waals surface area contributed by atoms with Crippen LogP contribution >= 0.6 is 0 Å². The number of benzene rings is 9. The second-order valence-corrected chi connectivity index (χ2v) is 12.9. The van der Waals surface area contributed by atoms with Crippen LogP contribution < -0.4 is 4.90 Å². The Hall–Kier alpha value is -6.70. The summed E-state index contributed by atoms with van der Waals surface area (Å²) in [5.74, 6) is 0. The summed E-state index contributed by atoms with van der Waals surface area (Å²) in [6.07, 6.45) is 0. The van der Waals surface area contributed by atoms with Crippen LogP contribution in [0.2, 0.25) is 0 Å². The number of rotatable bonds is 7. The molecular weight excluding hydrogens is 615 g/mol. The maximum atomic E-state index is 2.33. The highest BCUT2D eigenvalue weighted by molar-refractivity contribution is 6.12. The lowest BCUT2D eigenvalue weighted by molar-refractivity contribution is 1.28. The fraction of sp³-hybridized carbons (Fsp3) is 0. The Bertz CT molecular complexity index is 2590. The van der Waals surface area contributed by atoms with E-state index in [1.54, 1.807) is 0 Å². The summed E-state index contributed by atoms with van der Waals surface area (Å²) in [4.78, 5) is 2.33. The van der Waals surface area contributed by atoms with E-state index < -0.39 is 0 Å². The molecule has 1 nitrogen and oxygen atoms in total. The average Bonchev–Trinajstić information content (AvgIpc) is 3.22. The van der Waals surface area contributed by atoms with E-state index in [2.05, 4.69) is 217 Å². The van der Waals surface area contributed by atoms with Gasteiger partial charge in [0.2, 0.25) is 0 Å². The maximum absolute atomic E-state index is 2.33. The zero-order chi connectivity index (χ0) is 34.0. The van der Waals surface area contributed by atoms with Crippen LogP contribution in [0.1, 0.15) is 0 Å². The number of para-hydroxylation sites is 1. The molecule has 0 aliphatic heterocycles. The molecule has 0 aliphatic carbocycles. The third kappa shape index (κ3) is 5.86. The van der Waals surface area contributed by atoms with Gasteiger partial charge in [-0.1, -0.05) is 170 Å². The molecule has 0 atom stereocenters. The number of nitrogens with zero attached hydrogens (tertiary/aromatic N) is 1. The van der Waals surface area contributed by atoms with Gasteiger partial charge >= 0.3 is 0 Å². The first-order valence-corrected chi connectivity index (χ1v) is 17.5. The van der Waals surface area contributed by atoms with Crippen LogP contribution in [0.3, 0.4) is 0 Å². The summed E-state index contributed by atoms with van der Waals surface area (Å²) < 4.78 is 0. The molecule has 0 N–H and O–H groups in total. The number of fused-ring (bicyclic) bond motifs is 3. The van der Waals surface area contributed by atoms with E-state index >= 15 is 0 Å². The van der Waals surface area contributed by atoms with Gasteiger partial charge in [0.05, 0.1) is 0 Å². The summed E-state index contributed by atoms with van der Waals surface area (Å²) in [6.45, 7) is 0. The minimum Gasteiger partial charge on any atom is -0.311 e. The molecule has 0 amide bonds. The van der Waals surface area contributed by atoms with Gasteiger partial charge in [-0.2, -0.15) is 0 Å². The molecule has 51 heavy (non-hydrogen) atoms. The molecule has 0 heterocycles. The molecule has 0 unspecified atom stereocenters. The van der Waals surface area contributed by atoms with E-state index in [0.29, 0.717) is 0 Å². The van der Waals surface area contributed by atoms with Crippen molar-refractivity contribution in [2.24, 2.45) is 0 Å². The molecule has 9 aromatic carbocycles. The molecule has 0 aliphatic rings. The first-order valence-electron chi connectivity index (χ1n) is 17.5. The van der Waals surface area contributed by atoms with Crippen LogP contribution in [0.15, 0.2) is 212 Å². The molecule has 0 radical (unpaired) electrons. The lowest BCUT2D eigenvalue weighted by Gasteiger charge is -2.26. The molecule has 0 bridgehead atoms. The summed E-state index contributed by atoms with van der Waals surface area (Å²) >= 11 is 0. The predicted octanol–water partition coefficient (Wildman–Crippen LogP) is 14.1. The second kappa shape index (κ2) is 13.3. The Labute approximate surface area is 299 Å². The normalized spacial score (nSPS) is 11.1. The van der Waals surface area contributed by atoms with Crippen LogP contribution in [-0.4, -0.2) is 0 Å². The highest BCUT2D eigenvalue weighted by atomic mass is 15.1. The fourth-order valence-corrected chi connectivity index (χ4v) is 7.36. The molecule has 0 saturated heterocycles. The largest absolute Gasteiger partial charge is 0.311 e. The van der Waals surface area contributed by atoms with Crippen LogP contribution in [0.4, 0.5) is 17.1 Å². The Balaban J connectivity index is 1.08. The second-order valence-electron chi connectivity index (χ2n) is 12.9. The van der Waals surface area contributed by atoms with Crippen molar-refractivity contribution in [3.63, 3.8) is 0 Å². The lowest BCUT2D eigenvalue weighted by Crippen LogP contribution is -2.09. The molecule has 0 fully saturated rings. The molecule has 240 valence electrons. The number of hydrogen-bond acceptors (Lipinski definition) is 1. The summed E-state index contributed by atoms with van der Waals surface area (Å²) in [5, 5.41) is 5.11. The van der Waals surface area contributed by atoms with Crippen molar-refractivity contribution in [2.45, 2.75) is 0 Å². The summed E-state index contributed by atoms with van der Waals surface area (Å²) in [7, 11) is 0. The standard InChI is InChI=1S/C50H35N/c1-4-13-37(14-5-1)47-33-28-41(35-50(47)38-15-6-2-7-16-38)36-23-29-43(30-24-36)51(42-18-8-3-9-19-42)44-31-25-40(26-32-44)46-21-12-22-48-45-20-11-10-17-39(45)27-34-49(46)48/h1-35H. The van der Waals surface area contributed by atoms with E-state index in [1.165, 1.54) is 66.1 Å². The van der Waals surface area contributed by atoms with Gasteiger partial charge in [-0.05, 0) is 109 Å². The lowest BCUT2D eigenvalue weighted by atomic mass is 9.91. The van der Waals surface area contributed by atoms with Crippen LogP contribution in [0.5, 0.6) is 0 Å². The van der Waals surface area contributed by atoms with Gasteiger partial charge in [0.1, 0.15) is 0 Å². The molecule has 1 heteroatoms. The van der Waals surface area contributed by atoms with Gasteiger partial charge in [0, 0.05) is 17.1 Å². The molecule has 0 spiro atoms. The molecule has 9 aromatic rings. The van der Waals surface area contributed by atoms with Gasteiger partial charge in [-0.15, -0.1) is 0 Å². The average molecular weight is 650 g/mol. The van der Waals surface area contributed by atoms with Crippen molar-refractivity contribution in [1.29, 1.82) is 0 Å². The van der Waals surface area contributed by atoms with Crippen molar-refractivity contribution in [3.8, 4) is 44.5 Å². The van der Waals surface area contributed by atoms with Crippen molar-refractivity contribution in [3.05, 3.63) is 212 Å². The minimum atomic E-state index is 1.11. The monoisotopic (exact) mass is 649 g/mol. The van der Waals surface area contributed by atoms with E-state index in [1.807, 2.05) is 0 Å². The molecule has 0 aromatic heterocycles. The Morgan fingerprint density at radius 3 is 1.43 bits per heavy atom. The van der Waals surface area contributed by atoms with Gasteiger partial charge in [0.25, 0.3) is 0 Å². The van der Waals surface area contributed by atoms with Gasteiger partial charge < -0.3 is 4.90 Å². The van der Waals surface area contributed by atoms with Crippen molar-refractivity contribution < 1.29 is 0 Å². The van der Waals surface area contributed by atoms with Gasteiger partial charge in [-0.3, -0.25) is 0 Å². The zero-order valence-electron chi connectivity index (χ0n) is 28.2. The Morgan fingerprint density at radius 2 is 0.745 bits per heavy atom. The van der Waals surface area contributed by atoms with Crippen LogP contribution in [-0.2, 0) is 0 Å². The SMILES string of the molecule is c1ccc(-c2ccc(-c3ccc(N(c4ccccc4)c4ccc(-c5cccc6c5ccc5ccccc56)cc4)cc3)cc2-c2ccccc2)cc1. The van der Waals surface area contributed by atoms with Crippen molar-refractivity contribution >= 4 is 38.6 Å². The Morgan fingerprint density at radius 1 is 0.235 bits per heavy atom. The van der Waals surface area contributed by atoms with Crippen LogP contribution in [0.25, 0.3) is 66.1 Å². The first kappa shape index (κ1) is 30.4. The predicted molar refractivity (Wildman–Crippen MR) is 218 cm³/mol. The molecule has 0 saturated carbocycles. The highest BCUT2D eigenvalue weighted by Gasteiger charge is 2.15. The van der Waals surface area contributed by atoms with Gasteiger partial charge in [0.15, 0.2) is 0 Å². The number of anilines is 3. The van der Waals surface area contributed by atoms with E-state index in [9.17, 15) is 0 Å². The molecular formula is C50H35N. The quantitative estimate of drug-likeness (QED) is 0.155. The highest BCUT2D eigenvalue weighted by Crippen LogP contribution is 2.40. The first-order chi connectivity index (χ1) is 25.3. The third-order valence-corrected chi connectivity index (χ3v) is 9.89. The van der Waals surface area contributed by atoms with E-state index in [4.69, 9.17) is 0 Å². The third-order valence-electron chi connectivity index (χ3n) is 9.89. The fourth-order valence-electron chi connectivity index (χ4n) is 7.36. The van der Waals surface area contributed by atoms with Crippen molar-refractivity contribution in [1.82, 2.24) is 0 Å². The Kier molecular flexibility index (Phi) is 7.92. The van der Waals surface area contributed by atoms with Gasteiger partial charge in [-0.25, -0.2) is 0 Å². The van der Waals surface area contributed by atoms with Crippen LogP contribution in [0, 0.1) is 0 Å². The summed E-state index contributed by atoms with van der Waals surface area (Å²) in [6, 6.07) is 76.5. The minimum absolute atomic E-state index is 1.11. The topological polar surface area (TPSA) is 3.24 Å². The van der Waals surface area contributed by atoms with Crippen molar-refractivity contribution in [2.75, 3.05) is 4.90 Å².